The first kappa shape index (κ1) is 20.6. The van der Waals surface area contributed by atoms with Crippen LogP contribution >= 0.6 is 12.2 Å². The maximum absolute atomic E-state index is 11.2. The summed E-state index contributed by atoms with van der Waals surface area (Å²) < 4.78 is 6.32. The number of nitrogens with zero attached hydrogens (tertiary/aromatic N) is 3. The van der Waals surface area contributed by atoms with Gasteiger partial charge in [0, 0.05) is 29.9 Å². The quantitative estimate of drug-likeness (QED) is 0.311. The summed E-state index contributed by atoms with van der Waals surface area (Å²) >= 11 is 5.79. The van der Waals surface area contributed by atoms with Crippen molar-refractivity contribution in [3.8, 4) is 11.3 Å². The Labute approximate surface area is 191 Å². The van der Waals surface area contributed by atoms with Gasteiger partial charge in [-0.1, -0.05) is 37.5 Å². The van der Waals surface area contributed by atoms with Gasteiger partial charge in [0.05, 0.1) is 16.7 Å². The number of rotatable bonds is 5. The van der Waals surface area contributed by atoms with Gasteiger partial charge in [-0.05, 0) is 49.3 Å². The molecule has 2 aliphatic rings. The van der Waals surface area contributed by atoms with E-state index < -0.39 is 4.92 Å². The molecule has 0 bridgehead atoms. The molecule has 2 fully saturated rings. The van der Waals surface area contributed by atoms with E-state index in [2.05, 4.69) is 15.2 Å². The van der Waals surface area contributed by atoms with Crippen molar-refractivity contribution in [1.29, 1.82) is 0 Å². The molecule has 2 aromatic heterocycles. The number of hydrogen-bond donors (Lipinski definition) is 1. The Bertz CT molecular complexity index is 1130. The Kier molecular flexibility index (Phi) is 5.61. The van der Waals surface area contributed by atoms with Crippen molar-refractivity contribution in [2.75, 3.05) is 0 Å². The monoisotopic (exact) mass is 448 g/mol. The lowest BCUT2D eigenvalue weighted by Gasteiger charge is -2.36. The smallest absolute Gasteiger partial charge is 0.270 e. The highest BCUT2D eigenvalue weighted by molar-refractivity contribution is 7.80. The minimum atomic E-state index is -0.394. The second kappa shape index (κ2) is 8.70. The van der Waals surface area contributed by atoms with Gasteiger partial charge in [-0.2, -0.15) is 0 Å². The second-order valence-corrected chi connectivity index (χ2v) is 8.72. The van der Waals surface area contributed by atoms with E-state index in [9.17, 15) is 10.1 Å². The molecular weight excluding hydrogens is 424 g/mol. The van der Waals surface area contributed by atoms with Gasteiger partial charge in [0.1, 0.15) is 17.6 Å². The fraction of sp³-hybridized carbons (Fsp3) is 0.333. The molecule has 7 nitrogen and oxygen atoms in total. The summed E-state index contributed by atoms with van der Waals surface area (Å²) in [4.78, 5) is 17.7. The zero-order valence-electron chi connectivity index (χ0n) is 17.5. The molecule has 8 heteroatoms. The minimum absolute atomic E-state index is 0.0411. The number of nitrogens with one attached hydrogen (secondary N) is 1. The Morgan fingerprint density at radius 1 is 1.09 bits per heavy atom. The van der Waals surface area contributed by atoms with Crippen LogP contribution in [0.2, 0.25) is 0 Å². The van der Waals surface area contributed by atoms with E-state index in [4.69, 9.17) is 16.6 Å². The molecule has 5 rings (SSSR count). The van der Waals surface area contributed by atoms with Crippen LogP contribution in [0, 0.1) is 10.1 Å². The molecule has 2 unspecified atom stereocenters. The number of nitro benzene ring substituents is 1. The van der Waals surface area contributed by atoms with Crippen LogP contribution in [0.25, 0.3) is 11.3 Å². The predicted molar refractivity (Wildman–Crippen MR) is 125 cm³/mol. The number of nitro groups is 1. The normalized spacial score (nSPS) is 21.5. The van der Waals surface area contributed by atoms with Crippen LogP contribution in [-0.4, -0.2) is 26.0 Å². The molecule has 0 radical (unpaired) electrons. The highest BCUT2D eigenvalue weighted by Crippen LogP contribution is 2.43. The van der Waals surface area contributed by atoms with Gasteiger partial charge in [0.2, 0.25) is 0 Å². The van der Waals surface area contributed by atoms with Gasteiger partial charge in [-0.3, -0.25) is 15.1 Å². The third-order valence-corrected chi connectivity index (χ3v) is 6.69. The van der Waals surface area contributed by atoms with Crippen LogP contribution < -0.4 is 5.32 Å². The number of benzene rings is 1. The lowest BCUT2D eigenvalue weighted by atomic mass is 9.92. The van der Waals surface area contributed by atoms with Crippen molar-refractivity contribution in [3.05, 3.63) is 82.4 Å². The highest BCUT2D eigenvalue weighted by Gasteiger charge is 2.44. The van der Waals surface area contributed by atoms with E-state index in [1.54, 1.807) is 12.3 Å². The fourth-order valence-corrected chi connectivity index (χ4v) is 5.25. The average molecular weight is 449 g/mol. The van der Waals surface area contributed by atoms with Crippen LogP contribution in [0.5, 0.6) is 0 Å². The third-order valence-electron chi connectivity index (χ3n) is 6.36. The van der Waals surface area contributed by atoms with Crippen molar-refractivity contribution >= 4 is 23.0 Å². The minimum Gasteiger partial charge on any atom is -0.459 e. The largest absolute Gasteiger partial charge is 0.459 e. The van der Waals surface area contributed by atoms with E-state index in [0.29, 0.717) is 17.4 Å². The van der Waals surface area contributed by atoms with Crippen LogP contribution in [0.4, 0.5) is 5.69 Å². The Morgan fingerprint density at radius 2 is 1.94 bits per heavy atom. The standard InChI is InChI=1S/C24H24N4O3S/c29-28(30)18-10-6-7-16(15-18)20-12-13-21(31-20)23-22(19-11-4-5-14-25-19)26-24(32)27(23)17-8-2-1-3-9-17/h4-7,10-15,17,22-23H,1-3,8-9H2,(H,26,32). The number of pyridine rings is 1. The average Bonchev–Trinajstić information content (AvgIpc) is 3.45. The summed E-state index contributed by atoms with van der Waals surface area (Å²) in [6.45, 7) is 0. The number of furan rings is 1. The first-order valence-electron chi connectivity index (χ1n) is 11.0. The summed E-state index contributed by atoms with van der Waals surface area (Å²) in [7, 11) is 0. The summed E-state index contributed by atoms with van der Waals surface area (Å²) in [6.07, 6.45) is 7.65. The summed E-state index contributed by atoms with van der Waals surface area (Å²) in [5.74, 6) is 1.38. The molecule has 1 aliphatic heterocycles. The van der Waals surface area contributed by atoms with Crippen LogP contribution in [0.15, 0.2) is 65.2 Å². The van der Waals surface area contributed by atoms with Crippen LogP contribution in [0.3, 0.4) is 0 Å². The first-order valence-corrected chi connectivity index (χ1v) is 11.4. The molecule has 1 aromatic carbocycles. The van der Waals surface area contributed by atoms with E-state index in [1.165, 1.54) is 31.4 Å². The number of thiocarbonyl (C=S) groups is 1. The molecule has 3 heterocycles. The van der Waals surface area contributed by atoms with Gasteiger partial charge in [0.15, 0.2) is 5.11 Å². The number of aromatic nitrogens is 1. The van der Waals surface area contributed by atoms with E-state index in [0.717, 1.165) is 29.4 Å². The van der Waals surface area contributed by atoms with Crippen molar-refractivity contribution in [3.63, 3.8) is 0 Å². The van der Waals surface area contributed by atoms with Crippen LogP contribution in [0.1, 0.15) is 55.6 Å². The Hall–Kier alpha value is -3.26. The molecule has 1 saturated heterocycles. The molecular formula is C24H24N4O3S. The lowest BCUT2D eigenvalue weighted by molar-refractivity contribution is -0.384. The lowest BCUT2D eigenvalue weighted by Crippen LogP contribution is -2.40. The van der Waals surface area contributed by atoms with Crippen molar-refractivity contribution in [1.82, 2.24) is 15.2 Å². The van der Waals surface area contributed by atoms with Crippen LogP contribution in [-0.2, 0) is 0 Å². The third kappa shape index (κ3) is 3.86. The van der Waals surface area contributed by atoms with Gasteiger partial charge in [-0.15, -0.1) is 0 Å². The molecule has 32 heavy (non-hydrogen) atoms. The van der Waals surface area contributed by atoms with Gasteiger partial charge < -0.3 is 14.6 Å². The molecule has 2 atom stereocenters. The van der Waals surface area contributed by atoms with Crippen molar-refractivity contribution in [2.45, 2.75) is 50.2 Å². The second-order valence-electron chi connectivity index (χ2n) is 8.34. The molecule has 164 valence electrons. The first-order chi connectivity index (χ1) is 15.6. The van der Waals surface area contributed by atoms with E-state index in [1.807, 2.05) is 36.4 Å². The number of non-ortho nitro benzene ring substituents is 1. The molecule has 0 spiro atoms. The Morgan fingerprint density at radius 3 is 2.69 bits per heavy atom. The zero-order valence-corrected chi connectivity index (χ0v) is 18.3. The summed E-state index contributed by atoms with van der Waals surface area (Å²) in [5.41, 5.74) is 1.63. The van der Waals surface area contributed by atoms with E-state index >= 15 is 0 Å². The van der Waals surface area contributed by atoms with Crippen molar-refractivity contribution in [2.24, 2.45) is 0 Å². The van der Waals surface area contributed by atoms with E-state index in [-0.39, 0.29) is 17.8 Å². The maximum atomic E-state index is 11.2. The summed E-state index contributed by atoms with van der Waals surface area (Å²) in [5, 5.41) is 15.4. The molecule has 1 aliphatic carbocycles. The maximum Gasteiger partial charge on any atom is 0.270 e. The van der Waals surface area contributed by atoms with Gasteiger partial charge in [0.25, 0.3) is 5.69 Å². The molecule has 1 saturated carbocycles. The highest BCUT2D eigenvalue weighted by atomic mass is 32.1. The van der Waals surface area contributed by atoms with Gasteiger partial charge in [-0.25, -0.2) is 0 Å². The molecule has 1 N–H and O–H groups in total. The Balaban J connectivity index is 1.53. The summed E-state index contributed by atoms with van der Waals surface area (Å²) in [6, 6.07) is 16.3. The van der Waals surface area contributed by atoms with Gasteiger partial charge >= 0.3 is 0 Å². The SMILES string of the molecule is O=[N+]([O-])c1cccc(-c2ccc(C3C(c4ccccn4)NC(=S)N3C3CCCCC3)o2)c1. The zero-order chi connectivity index (χ0) is 22.1. The molecule has 0 amide bonds. The number of hydrogen-bond acceptors (Lipinski definition) is 5. The fourth-order valence-electron chi connectivity index (χ4n) is 4.86. The molecule has 3 aromatic rings. The van der Waals surface area contributed by atoms with Crippen molar-refractivity contribution < 1.29 is 9.34 Å². The predicted octanol–water partition coefficient (Wildman–Crippen LogP) is 5.56. The topological polar surface area (TPSA) is 84.4 Å².